The lowest BCUT2D eigenvalue weighted by Crippen LogP contribution is -2.33. The van der Waals surface area contributed by atoms with Crippen molar-refractivity contribution in [2.45, 2.75) is 46.0 Å². The van der Waals surface area contributed by atoms with Gasteiger partial charge in [-0.3, -0.25) is 0 Å². The highest BCUT2D eigenvalue weighted by molar-refractivity contribution is 4.87. The molecule has 2 atom stereocenters. The van der Waals surface area contributed by atoms with Crippen LogP contribution in [0, 0.1) is 5.92 Å². The van der Waals surface area contributed by atoms with Crippen LogP contribution < -0.4 is 0 Å². The Morgan fingerprint density at radius 2 is 1.75 bits per heavy atom. The predicted octanol–water partition coefficient (Wildman–Crippen LogP) is 1.98. The summed E-state index contributed by atoms with van der Waals surface area (Å²) in [7, 11) is 0. The van der Waals surface area contributed by atoms with Crippen molar-refractivity contribution in [3.8, 4) is 0 Å². The van der Waals surface area contributed by atoms with E-state index >= 15 is 0 Å². The Morgan fingerprint density at radius 1 is 1.25 bits per heavy atom. The molecule has 1 N–H and O–H groups in total. The van der Waals surface area contributed by atoms with Crippen molar-refractivity contribution >= 4 is 0 Å². The van der Waals surface area contributed by atoms with Crippen LogP contribution in [0.5, 0.6) is 0 Å². The minimum atomic E-state index is -0.454. The molecule has 0 saturated carbocycles. The van der Waals surface area contributed by atoms with Crippen LogP contribution in [0.15, 0.2) is 12.7 Å². The van der Waals surface area contributed by atoms with Crippen LogP contribution in [0.1, 0.15) is 27.7 Å². The van der Waals surface area contributed by atoms with Gasteiger partial charge in [-0.15, -0.1) is 6.58 Å². The Morgan fingerprint density at radius 3 is 2.00 bits per heavy atom. The second-order valence-electron chi connectivity index (χ2n) is 3.62. The summed E-state index contributed by atoms with van der Waals surface area (Å²) >= 11 is 0. The number of ether oxygens (including phenoxy) is 1. The molecule has 0 rings (SSSR count). The van der Waals surface area contributed by atoms with Crippen molar-refractivity contribution in [2.75, 3.05) is 0 Å². The largest absolute Gasteiger partial charge is 0.390 e. The fraction of sp³-hybridized carbons (Fsp3) is 0.800. The van der Waals surface area contributed by atoms with E-state index in [1.165, 1.54) is 0 Å². The topological polar surface area (TPSA) is 29.5 Å². The smallest absolute Gasteiger partial charge is 0.102 e. The maximum Gasteiger partial charge on any atom is 0.102 e. The van der Waals surface area contributed by atoms with E-state index in [1.807, 2.05) is 27.7 Å². The zero-order valence-electron chi connectivity index (χ0n) is 8.45. The SMILES string of the molecule is C=CC(OC(C)C)C(O)C(C)C. The maximum absolute atomic E-state index is 9.64. The molecule has 2 nitrogen and oxygen atoms in total. The Labute approximate surface area is 75.2 Å². The molecular formula is C10H20O2. The van der Waals surface area contributed by atoms with Crippen molar-refractivity contribution in [2.24, 2.45) is 5.92 Å². The van der Waals surface area contributed by atoms with Gasteiger partial charge >= 0.3 is 0 Å². The average molecular weight is 172 g/mol. The standard InChI is InChI=1S/C10H20O2/c1-6-9(12-8(4)5)10(11)7(2)3/h6-11H,1H2,2-5H3. The van der Waals surface area contributed by atoms with E-state index in [1.54, 1.807) is 6.08 Å². The normalized spacial score (nSPS) is 16.6. The quantitative estimate of drug-likeness (QED) is 0.642. The number of rotatable bonds is 5. The van der Waals surface area contributed by atoms with Gasteiger partial charge in [0, 0.05) is 0 Å². The van der Waals surface area contributed by atoms with E-state index < -0.39 is 6.10 Å². The number of hydrogen-bond donors (Lipinski definition) is 1. The molecule has 0 heterocycles. The van der Waals surface area contributed by atoms with E-state index in [0.29, 0.717) is 0 Å². The molecule has 0 aromatic carbocycles. The summed E-state index contributed by atoms with van der Waals surface area (Å²) in [6, 6.07) is 0. The molecule has 0 fully saturated rings. The van der Waals surface area contributed by atoms with Crippen molar-refractivity contribution in [3.05, 3.63) is 12.7 Å². The summed E-state index contributed by atoms with van der Waals surface area (Å²) in [4.78, 5) is 0. The van der Waals surface area contributed by atoms with Crippen molar-refractivity contribution < 1.29 is 9.84 Å². The Balaban J connectivity index is 4.05. The van der Waals surface area contributed by atoms with Crippen LogP contribution in [0.2, 0.25) is 0 Å². The van der Waals surface area contributed by atoms with Gasteiger partial charge in [-0.1, -0.05) is 19.9 Å². The summed E-state index contributed by atoms with van der Waals surface area (Å²) < 4.78 is 5.45. The van der Waals surface area contributed by atoms with Crippen LogP contribution in [-0.4, -0.2) is 23.4 Å². The molecule has 0 aliphatic rings. The fourth-order valence-corrected chi connectivity index (χ4v) is 0.969. The van der Waals surface area contributed by atoms with Gasteiger partial charge in [-0.05, 0) is 19.8 Å². The van der Waals surface area contributed by atoms with Gasteiger partial charge in [0.25, 0.3) is 0 Å². The molecule has 0 aliphatic heterocycles. The van der Waals surface area contributed by atoms with Crippen LogP contribution in [0.4, 0.5) is 0 Å². The highest BCUT2D eigenvalue weighted by atomic mass is 16.5. The van der Waals surface area contributed by atoms with Gasteiger partial charge < -0.3 is 9.84 Å². The number of aliphatic hydroxyl groups is 1. The summed E-state index contributed by atoms with van der Waals surface area (Å²) in [6.07, 6.45) is 1.08. The lowest BCUT2D eigenvalue weighted by molar-refractivity contribution is -0.0552. The summed E-state index contributed by atoms with van der Waals surface area (Å²) in [6.45, 7) is 11.5. The first-order chi connectivity index (χ1) is 5.49. The van der Waals surface area contributed by atoms with Crippen LogP contribution in [-0.2, 0) is 4.74 Å². The average Bonchev–Trinajstić information content (AvgIpc) is 1.98. The zero-order chi connectivity index (χ0) is 9.72. The highest BCUT2D eigenvalue weighted by Gasteiger charge is 2.20. The molecule has 0 bridgehead atoms. The van der Waals surface area contributed by atoms with E-state index in [-0.39, 0.29) is 18.1 Å². The third-order valence-corrected chi connectivity index (χ3v) is 1.68. The van der Waals surface area contributed by atoms with E-state index in [9.17, 15) is 5.11 Å². The lowest BCUT2D eigenvalue weighted by Gasteiger charge is -2.24. The molecule has 0 amide bonds. The first kappa shape index (κ1) is 11.7. The molecule has 0 spiro atoms. The van der Waals surface area contributed by atoms with Gasteiger partial charge in [-0.25, -0.2) is 0 Å². The van der Waals surface area contributed by atoms with Crippen molar-refractivity contribution in [1.82, 2.24) is 0 Å². The number of aliphatic hydroxyl groups excluding tert-OH is 1. The minimum absolute atomic E-state index is 0.126. The van der Waals surface area contributed by atoms with Crippen LogP contribution >= 0.6 is 0 Å². The first-order valence-corrected chi connectivity index (χ1v) is 4.45. The first-order valence-electron chi connectivity index (χ1n) is 4.45. The van der Waals surface area contributed by atoms with Crippen molar-refractivity contribution in [3.63, 3.8) is 0 Å². The van der Waals surface area contributed by atoms with E-state index in [4.69, 9.17) is 4.74 Å². The molecule has 0 aliphatic carbocycles. The number of hydrogen-bond acceptors (Lipinski definition) is 2. The molecular weight excluding hydrogens is 152 g/mol. The van der Waals surface area contributed by atoms with E-state index in [0.717, 1.165) is 0 Å². The molecule has 0 saturated heterocycles. The van der Waals surface area contributed by atoms with Gasteiger partial charge in [-0.2, -0.15) is 0 Å². The zero-order valence-corrected chi connectivity index (χ0v) is 8.45. The Kier molecular flexibility index (Phi) is 5.18. The van der Waals surface area contributed by atoms with Crippen LogP contribution in [0.3, 0.4) is 0 Å². The second kappa shape index (κ2) is 5.33. The highest BCUT2D eigenvalue weighted by Crippen LogP contribution is 2.12. The predicted molar refractivity (Wildman–Crippen MR) is 51.1 cm³/mol. The maximum atomic E-state index is 9.64. The Hall–Kier alpha value is -0.340. The van der Waals surface area contributed by atoms with Crippen LogP contribution in [0.25, 0.3) is 0 Å². The van der Waals surface area contributed by atoms with Crippen molar-refractivity contribution in [1.29, 1.82) is 0 Å². The molecule has 2 heteroatoms. The molecule has 0 radical (unpaired) electrons. The molecule has 0 aromatic heterocycles. The molecule has 0 aromatic rings. The van der Waals surface area contributed by atoms with E-state index in [2.05, 4.69) is 6.58 Å². The minimum Gasteiger partial charge on any atom is -0.390 e. The second-order valence-corrected chi connectivity index (χ2v) is 3.62. The summed E-state index contributed by atoms with van der Waals surface area (Å²) in [5, 5.41) is 9.64. The summed E-state index contributed by atoms with van der Waals surface area (Å²) in [5.41, 5.74) is 0. The lowest BCUT2D eigenvalue weighted by atomic mass is 10.0. The molecule has 2 unspecified atom stereocenters. The summed E-state index contributed by atoms with van der Waals surface area (Å²) in [5.74, 6) is 0.201. The molecule has 12 heavy (non-hydrogen) atoms. The van der Waals surface area contributed by atoms with Gasteiger partial charge in [0.05, 0.1) is 12.2 Å². The third kappa shape index (κ3) is 3.88. The van der Waals surface area contributed by atoms with Gasteiger partial charge in [0.1, 0.15) is 6.10 Å². The van der Waals surface area contributed by atoms with Gasteiger partial charge in [0.15, 0.2) is 0 Å². The monoisotopic (exact) mass is 172 g/mol. The molecule has 72 valence electrons. The third-order valence-electron chi connectivity index (χ3n) is 1.68. The fourth-order valence-electron chi connectivity index (χ4n) is 0.969. The Bertz CT molecular complexity index is 130. The van der Waals surface area contributed by atoms with Gasteiger partial charge in [0.2, 0.25) is 0 Å².